The molecule has 0 spiro atoms. The first-order valence-corrected chi connectivity index (χ1v) is 6.89. The maximum atomic E-state index is 13.6. The van der Waals surface area contributed by atoms with Crippen molar-refractivity contribution in [2.24, 2.45) is 11.8 Å². The molecule has 1 rings (SSSR count). The van der Waals surface area contributed by atoms with E-state index in [1.165, 1.54) is 6.07 Å². The number of rotatable bonds is 6. The molecular weight excluding hydrogens is 239 g/mol. The van der Waals surface area contributed by atoms with Crippen LogP contribution in [0.25, 0.3) is 0 Å². The van der Waals surface area contributed by atoms with Gasteiger partial charge in [-0.15, -0.1) is 0 Å². The highest BCUT2D eigenvalue weighted by molar-refractivity contribution is 5.58. The second kappa shape index (κ2) is 7.13. The number of nitriles is 1. The van der Waals surface area contributed by atoms with Crippen molar-refractivity contribution in [3.05, 3.63) is 29.6 Å². The Balaban J connectivity index is 2.90. The van der Waals surface area contributed by atoms with Gasteiger partial charge in [-0.05, 0) is 36.8 Å². The van der Waals surface area contributed by atoms with Crippen molar-refractivity contribution in [1.82, 2.24) is 0 Å². The number of hydrogen-bond acceptors (Lipinski definition) is 2. The first kappa shape index (κ1) is 15.5. The van der Waals surface area contributed by atoms with Gasteiger partial charge in [0.05, 0.1) is 5.69 Å². The Morgan fingerprint density at radius 3 is 2.21 bits per heavy atom. The number of nitrogens with one attached hydrogen (secondary N) is 1. The lowest BCUT2D eigenvalue weighted by atomic mass is 9.95. The summed E-state index contributed by atoms with van der Waals surface area (Å²) >= 11 is 0. The number of anilines is 1. The average molecular weight is 262 g/mol. The van der Waals surface area contributed by atoms with Crippen LogP contribution in [-0.2, 0) is 0 Å². The van der Waals surface area contributed by atoms with Gasteiger partial charge in [0.1, 0.15) is 17.4 Å². The van der Waals surface area contributed by atoms with Gasteiger partial charge in [0.25, 0.3) is 0 Å². The Bertz CT molecular complexity index is 437. The molecule has 0 radical (unpaired) electrons. The molecule has 0 heterocycles. The summed E-state index contributed by atoms with van der Waals surface area (Å²) in [6, 6.07) is 6.95. The Hall–Kier alpha value is -1.56. The van der Waals surface area contributed by atoms with E-state index in [2.05, 4.69) is 33.0 Å². The van der Waals surface area contributed by atoms with Crippen LogP contribution in [-0.4, -0.2) is 6.04 Å². The van der Waals surface area contributed by atoms with Gasteiger partial charge in [0.2, 0.25) is 0 Å². The quantitative estimate of drug-likeness (QED) is 0.815. The van der Waals surface area contributed by atoms with Crippen molar-refractivity contribution in [1.29, 1.82) is 5.26 Å². The summed E-state index contributed by atoms with van der Waals surface area (Å²) in [5.41, 5.74) is 0.716. The highest BCUT2D eigenvalue weighted by Gasteiger charge is 2.15. The first-order valence-electron chi connectivity index (χ1n) is 6.89. The van der Waals surface area contributed by atoms with Crippen LogP contribution in [0, 0.1) is 29.0 Å². The van der Waals surface area contributed by atoms with E-state index in [9.17, 15) is 4.39 Å². The monoisotopic (exact) mass is 262 g/mol. The zero-order chi connectivity index (χ0) is 14.4. The summed E-state index contributed by atoms with van der Waals surface area (Å²) in [4.78, 5) is 0. The van der Waals surface area contributed by atoms with Crippen LogP contribution in [0.2, 0.25) is 0 Å². The highest BCUT2D eigenvalue weighted by atomic mass is 19.1. The van der Waals surface area contributed by atoms with Gasteiger partial charge in [-0.1, -0.05) is 33.8 Å². The van der Waals surface area contributed by atoms with Crippen molar-refractivity contribution >= 4 is 5.69 Å². The Morgan fingerprint density at radius 2 is 1.74 bits per heavy atom. The standard InChI is InChI=1S/C16H23FN2/c1-11(2)8-13(9-12(3)4)19-16-7-5-6-15(17)14(16)10-18/h5-7,11-13,19H,8-9H2,1-4H3. The topological polar surface area (TPSA) is 35.8 Å². The van der Waals surface area contributed by atoms with E-state index < -0.39 is 5.82 Å². The lowest BCUT2D eigenvalue weighted by Crippen LogP contribution is -2.24. The molecule has 1 N–H and O–H groups in total. The van der Waals surface area contributed by atoms with Crippen LogP contribution in [0.15, 0.2) is 18.2 Å². The minimum Gasteiger partial charge on any atom is -0.381 e. The fraction of sp³-hybridized carbons (Fsp3) is 0.562. The van der Waals surface area contributed by atoms with Crippen molar-refractivity contribution in [3.63, 3.8) is 0 Å². The summed E-state index contributed by atoms with van der Waals surface area (Å²) in [6.45, 7) is 8.69. The third kappa shape index (κ3) is 4.90. The molecule has 0 aliphatic carbocycles. The molecule has 2 nitrogen and oxygen atoms in total. The van der Waals surface area contributed by atoms with Gasteiger partial charge in [-0.2, -0.15) is 5.26 Å². The Labute approximate surface area is 115 Å². The van der Waals surface area contributed by atoms with E-state index in [1.807, 2.05) is 6.07 Å². The maximum Gasteiger partial charge on any atom is 0.143 e. The van der Waals surface area contributed by atoms with E-state index in [4.69, 9.17) is 5.26 Å². The lowest BCUT2D eigenvalue weighted by Gasteiger charge is -2.24. The zero-order valence-corrected chi connectivity index (χ0v) is 12.2. The summed E-state index contributed by atoms with van der Waals surface area (Å²) in [6.07, 6.45) is 2.03. The molecule has 0 aliphatic heterocycles. The lowest BCUT2D eigenvalue weighted by molar-refractivity contribution is 0.442. The van der Waals surface area contributed by atoms with Crippen molar-refractivity contribution in [3.8, 4) is 6.07 Å². The van der Waals surface area contributed by atoms with Crippen LogP contribution >= 0.6 is 0 Å². The van der Waals surface area contributed by atoms with E-state index >= 15 is 0 Å². The smallest absolute Gasteiger partial charge is 0.143 e. The fourth-order valence-corrected chi connectivity index (χ4v) is 2.33. The van der Waals surface area contributed by atoms with Gasteiger partial charge in [0.15, 0.2) is 0 Å². The van der Waals surface area contributed by atoms with E-state index in [0.29, 0.717) is 17.5 Å². The molecule has 0 aliphatic rings. The molecule has 0 amide bonds. The average Bonchev–Trinajstić information content (AvgIpc) is 2.27. The third-order valence-corrected chi connectivity index (χ3v) is 3.00. The van der Waals surface area contributed by atoms with Crippen LogP contribution in [0.1, 0.15) is 46.1 Å². The highest BCUT2D eigenvalue weighted by Crippen LogP contribution is 2.23. The van der Waals surface area contributed by atoms with Crippen LogP contribution in [0.5, 0.6) is 0 Å². The summed E-state index contributed by atoms with van der Waals surface area (Å²) in [5, 5.41) is 12.4. The Morgan fingerprint density at radius 1 is 1.16 bits per heavy atom. The van der Waals surface area contributed by atoms with E-state index in [0.717, 1.165) is 12.8 Å². The molecule has 0 unspecified atom stereocenters. The van der Waals surface area contributed by atoms with Gasteiger partial charge in [-0.25, -0.2) is 4.39 Å². The van der Waals surface area contributed by atoms with E-state index in [1.54, 1.807) is 12.1 Å². The number of hydrogen-bond donors (Lipinski definition) is 1. The zero-order valence-electron chi connectivity index (χ0n) is 12.2. The number of halogens is 1. The molecule has 1 aromatic rings. The Kier molecular flexibility index (Phi) is 5.82. The predicted octanol–water partition coefficient (Wildman–Crippen LogP) is 4.57. The predicted molar refractivity (Wildman–Crippen MR) is 77.4 cm³/mol. The largest absolute Gasteiger partial charge is 0.381 e. The summed E-state index contributed by atoms with van der Waals surface area (Å²) in [5.74, 6) is 0.672. The minimum absolute atomic E-state index is 0.111. The molecule has 104 valence electrons. The molecule has 0 saturated heterocycles. The number of nitrogens with zero attached hydrogens (tertiary/aromatic N) is 1. The van der Waals surface area contributed by atoms with Gasteiger partial charge in [0, 0.05) is 6.04 Å². The molecule has 0 atom stereocenters. The first-order chi connectivity index (χ1) is 8.93. The second-order valence-electron chi connectivity index (χ2n) is 5.87. The summed E-state index contributed by atoms with van der Waals surface area (Å²) in [7, 11) is 0. The van der Waals surface area contributed by atoms with Crippen LogP contribution in [0.3, 0.4) is 0 Å². The SMILES string of the molecule is CC(C)CC(CC(C)C)Nc1cccc(F)c1C#N. The van der Waals surface area contributed by atoms with Gasteiger partial charge in [-0.3, -0.25) is 0 Å². The van der Waals surface area contributed by atoms with E-state index in [-0.39, 0.29) is 11.6 Å². The fourth-order valence-electron chi connectivity index (χ4n) is 2.33. The van der Waals surface area contributed by atoms with Crippen molar-refractivity contribution in [2.45, 2.75) is 46.6 Å². The second-order valence-corrected chi connectivity index (χ2v) is 5.87. The van der Waals surface area contributed by atoms with Crippen molar-refractivity contribution < 1.29 is 4.39 Å². The van der Waals surface area contributed by atoms with Crippen LogP contribution in [0.4, 0.5) is 10.1 Å². The van der Waals surface area contributed by atoms with Crippen LogP contribution < -0.4 is 5.32 Å². The molecule has 0 bridgehead atoms. The molecule has 0 aromatic heterocycles. The molecule has 0 fully saturated rings. The normalized spacial score (nSPS) is 11.1. The molecule has 19 heavy (non-hydrogen) atoms. The van der Waals surface area contributed by atoms with Crippen molar-refractivity contribution in [2.75, 3.05) is 5.32 Å². The molecule has 3 heteroatoms. The third-order valence-electron chi connectivity index (χ3n) is 3.00. The summed E-state index contributed by atoms with van der Waals surface area (Å²) < 4.78 is 13.6. The minimum atomic E-state index is -0.458. The maximum absolute atomic E-state index is 13.6. The van der Waals surface area contributed by atoms with Gasteiger partial charge < -0.3 is 5.32 Å². The number of benzene rings is 1. The molecule has 1 aromatic carbocycles. The molecule has 0 saturated carbocycles. The van der Waals surface area contributed by atoms with Gasteiger partial charge >= 0.3 is 0 Å². The molecular formula is C16H23FN2.